The number of ketones is 1. The van der Waals surface area contributed by atoms with Crippen LogP contribution in [0.5, 0.6) is 11.5 Å². The molecule has 8 nitrogen and oxygen atoms in total. The third kappa shape index (κ3) is 3.36. The molecule has 0 aliphatic rings. The van der Waals surface area contributed by atoms with Gasteiger partial charge in [0.25, 0.3) is 5.91 Å². The summed E-state index contributed by atoms with van der Waals surface area (Å²) >= 11 is 0. The lowest BCUT2D eigenvalue weighted by molar-refractivity contribution is 0.0895. The van der Waals surface area contributed by atoms with Gasteiger partial charge in [0.05, 0.1) is 41.9 Å². The number of fused-ring (bicyclic) bond motifs is 1. The Morgan fingerprint density at radius 3 is 2.72 bits per heavy atom. The van der Waals surface area contributed by atoms with Gasteiger partial charge >= 0.3 is 0 Å². The first-order valence-corrected chi connectivity index (χ1v) is 8.88. The Labute approximate surface area is 166 Å². The van der Waals surface area contributed by atoms with Gasteiger partial charge in [0.1, 0.15) is 17.3 Å². The number of carbonyl (C=O) groups excluding carboxylic acids is 2. The van der Waals surface area contributed by atoms with Gasteiger partial charge in [0.2, 0.25) is 0 Å². The maximum Gasteiger partial charge on any atom is 0.254 e. The Bertz CT molecular complexity index is 1240. The summed E-state index contributed by atoms with van der Waals surface area (Å²) in [6, 6.07) is 12.0. The Kier molecular flexibility index (Phi) is 4.59. The van der Waals surface area contributed by atoms with Crippen LogP contribution < -0.4 is 4.74 Å². The van der Waals surface area contributed by atoms with Crippen molar-refractivity contribution < 1.29 is 19.4 Å². The summed E-state index contributed by atoms with van der Waals surface area (Å²) in [5, 5.41) is 14.0. The molecule has 2 aromatic heterocycles. The smallest absolute Gasteiger partial charge is 0.254 e. The maximum atomic E-state index is 12.7. The van der Waals surface area contributed by atoms with Gasteiger partial charge in [-0.25, -0.2) is 9.67 Å². The topological polar surface area (TPSA) is 99.2 Å². The normalized spacial score (nSPS) is 11.0. The number of hydrogen-bond acceptors (Lipinski definition) is 6. The highest BCUT2D eigenvalue weighted by Gasteiger charge is 2.19. The molecule has 0 aliphatic heterocycles. The summed E-state index contributed by atoms with van der Waals surface area (Å²) in [5.74, 6) is 0.0940. The molecule has 0 saturated carbocycles. The van der Waals surface area contributed by atoms with E-state index in [-0.39, 0.29) is 29.2 Å². The zero-order chi connectivity index (χ0) is 20.5. The van der Waals surface area contributed by atoms with E-state index in [4.69, 9.17) is 4.74 Å². The fourth-order valence-corrected chi connectivity index (χ4v) is 3.13. The molecule has 0 aliphatic carbocycles. The van der Waals surface area contributed by atoms with Crippen LogP contribution in [-0.2, 0) is 13.5 Å². The van der Waals surface area contributed by atoms with Crippen molar-refractivity contribution in [1.82, 2.24) is 19.3 Å². The van der Waals surface area contributed by atoms with Crippen LogP contribution in [-0.4, -0.2) is 43.2 Å². The van der Waals surface area contributed by atoms with Gasteiger partial charge in [-0.2, -0.15) is 5.10 Å². The van der Waals surface area contributed by atoms with Crippen molar-refractivity contribution in [3.8, 4) is 11.5 Å². The Morgan fingerprint density at radius 1 is 1.17 bits per heavy atom. The fraction of sp³-hybridized carbons (Fsp3) is 0.143. The predicted molar refractivity (Wildman–Crippen MR) is 105 cm³/mol. The van der Waals surface area contributed by atoms with Crippen LogP contribution >= 0.6 is 0 Å². The van der Waals surface area contributed by atoms with Crippen LogP contribution in [0.4, 0.5) is 0 Å². The second-order valence-corrected chi connectivity index (χ2v) is 6.53. The zero-order valence-corrected chi connectivity index (χ0v) is 15.9. The molecule has 4 aromatic rings. The quantitative estimate of drug-likeness (QED) is 0.526. The number of methoxy groups -OCH3 is 1. The number of benzene rings is 2. The minimum Gasteiger partial charge on any atom is -0.507 e. The molecule has 8 heteroatoms. The van der Waals surface area contributed by atoms with Gasteiger partial charge in [0.15, 0.2) is 5.78 Å². The average molecular weight is 390 g/mol. The van der Waals surface area contributed by atoms with Crippen LogP contribution in [0.1, 0.15) is 26.5 Å². The summed E-state index contributed by atoms with van der Waals surface area (Å²) < 4.78 is 8.07. The summed E-state index contributed by atoms with van der Waals surface area (Å²) in [4.78, 5) is 29.8. The largest absolute Gasteiger partial charge is 0.507 e. The molecule has 0 fully saturated rings. The number of rotatable bonds is 5. The SMILES string of the molecule is COc1ccc(O)c(C(=O)c2cnn(C(=O)Cc3nc4ccccc4n3C)c2)c1. The molecule has 4 rings (SSSR count). The third-order valence-corrected chi connectivity index (χ3v) is 4.74. The van der Waals surface area contributed by atoms with Crippen LogP contribution in [0.25, 0.3) is 11.0 Å². The predicted octanol–water partition coefficient (Wildman–Crippen LogP) is 2.60. The minimum absolute atomic E-state index is 0.0326. The van der Waals surface area contributed by atoms with E-state index in [1.54, 1.807) is 6.07 Å². The molecule has 0 atom stereocenters. The maximum absolute atomic E-state index is 12.7. The van der Waals surface area contributed by atoms with Gasteiger partial charge in [-0.1, -0.05) is 12.1 Å². The van der Waals surface area contributed by atoms with Crippen molar-refractivity contribution in [2.45, 2.75) is 6.42 Å². The van der Waals surface area contributed by atoms with Crippen LogP contribution in [0.2, 0.25) is 0 Å². The molecular formula is C21H18N4O4. The van der Waals surface area contributed by atoms with E-state index < -0.39 is 5.78 Å². The number of phenols is 1. The first kappa shape index (κ1) is 18.4. The van der Waals surface area contributed by atoms with Gasteiger partial charge in [0, 0.05) is 13.2 Å². The molecule has 146 valence electrons. The molecule has 0 amide bonds. The molecule has 0 unspecified atom stereocenters. The summed E-state index contributed by atoms with van der Waals surface area (Å²) in [7, 11) is 3.32. The molecule has 1 N–H and O–H groups in total. The summed E-state index contributed by atoms with van der Waals surface area (Å²) in [5.41, 5.74) is 2.00. The highest BCUT2D eigenvalue weighted by molar-refractivity contribution is 6.10. The van der Waals surface area contributed by atoms with E-state index in [2.05, 4.69) is 10.1 Å². The number of aromatic hydroxyl groups is 1. The molecule has 29 heavy (non-hydrogen) atoms. The molecule has 2 heterocycles. The minimum atomic E-state index is -0.455. The monoisotopic (exact) mass is 390 g/mol. The van der Waals surface area contributed by atoms with E-state index >= 15 is 0 Å². The van der Waals surface area contributed by atoms with E-state index in [0.717, 1.165) is 15.7 Å². The van der Waals surface area contributed by atoms with E-state index in [0.29, 0.717) is 11.6 Å². The Morgan fingerprint density at radius 2 is 1.97 bits per heavy atom. The Hall–Kier alpha value is -3.94. The average Bonchev–Trinajstić information content (AvgIpc) is 3.34. The van der Waals surface area contributed by atoms with Crippen LogP contribution in [0.15, 0.2) is 54.9 Å². The zero-order valence-electron chi connectivity index (χ0n) is 15.9. The van der Waals surface area contributed by atoms with Gasteiger partial charge in [-0.3, -0.25) is 9.59 Å². The lowest BCUT2D eigenvalue weighted by atomic mass is 10.1. The summed E-state index contributed by atoms with van der Waals surface area (Å²) in [6.45, 7) is 0. The van der Waals surface area contributed by atoms with E-state index in [9.17, 15) is 14.7 Å². The highest BCUT2D eigenvalue weighted by atomic mass is 16.5. The lowest BCUT2D eigenvalue weighted by Gasteiger charge is -2.05. The first-order chi connectivity index (χ1) is 14.0. The van der Waals surface area contributed by atoms with Crippen LogP contribution in [0.3, 0.4) is 0 Å². The number of aryl methyl sites for hydroxylation is 1. The fourth-order valence-electron chi connectivity index (χ4n) is 3.13. The van der Waals surface area contributed by atoms with Crippen molar-refractivity contribution in [2.75, 3.05) is 7.11 Å². The van der Waals surface area contributed by atoms with Crippen molar-refractivity contribution in [3.05, 3.63) is 71.8 Å². The number of ether oxygens (including phenoxy) is 1. The Balaban J connectivity index is 1.57. The van der Waals surface area contributed by atoms with Crippen LogP contribution in [0, 0.1) is 0 Å². The third-order valence-electron chi connectivity index (χ3n) is 4.74. The second kappa shape index (κ2) is 7.23. The van der Waals surface area contributed by atoms with Crippen molar-refractivity contribution in [3.63, 3.8) is 0 Å². The molecule has 0 spiro atoms. The summed E-state index contributed by atoms with van der Waals surface area (Å²) in [6.07, 6.45) is 2.69. The van der Waals surface area contributed by atoms with E-state index in [1.165, 1.54) is 31.6 Å². The first-order valence-electron chi connectivity index (χ1n) is 8.88. The lowest BCUT2D eigenvalue weighted by Crippen LogP contribution is -2.16. The number of nitrogens with zero attached hydrogens (tertiary/aromatic N) is 4. The second-order valence-electron chi connectivity index (χ2n) is 6.53. The molecule has 0 radical (unpaired) electrons. The van der Waals surface area contributed by atoms with Crippen molar-refractivity contribution in [2.24, 2.45) is 7.05 Å². The van der Waals surface area contributed by atoms with Crippen molar-refractivity contribution in [1.29, 1.82) is 0 Å². The van der Waals surface area contributed by atoms with Gasteiger partial charge in [-0.05, 0) is 30.3 Å². The standard InChI is InChI=1S/C21H18N4O4/c1-24-17-6-4-3-5-16(17)23-19(24)10-20(27)25-12-13(11-22-25)21(28)15-9-14(29-2)7-8-18(15)26/h3-9,11-12,26H,10H2,1-2H3. The molecular weight excluding hydrogens is 372 g/mol. The molecule has 0 bridgehead atoms. The number of para-hydroxylation sites is 2. The molecule has 2 aromatic carbocycles. The number of carbonyl (C=O) groups is 2. The number of hydrogen-bond donors (Lipinski definition) is 1. The molecule has 0 saturated heterocycles. The van der Waals surface area contributed by atoms with Gasteiger partial charge < -0.3 is 14.4 Å². The van der Waals surface area contributed by atoms with Gasteiger partial charge in [-0.15, -0.1) is 0 Å². The number of imidazole rings is 1. The number of phenolic OH excluding ortho intramolecular Hbond substituents is 1. The van der Waals surface area contributed by atoms with Crippen molar-refractivity contribution >= 4 is 22.7 Å². The van der Waals surface area contributed by atoms with E-state index in [1.807, 2.05) is 35.9 Å². The highest BCUT2D eigenvalue weighted by Crippen LogP contribution is 2.25. The number of aromatic nitrogens is 4.